The first-order valence-corrected chi connectivity index (χ1v) is 8.73. The molecule has 0 aliphatic carbocycles. The maximum atomic E-state index is 12.9. The summed E-state index contributed by atoms with van der Waals surface area (Å²) < 4.78 is 21.8. The Labute approximate surface area is 158 Å². The van der Waals surface area contributed by atoms with Crippen LogP contribution in [-0.2, 0) is 0 Å². The number of fused-ring (bicyclic) bond motifs is 1. The van der Waals surface area contributed by atoms with E-state index in [1.807, 2.05) is 25.1 Å². The van der Waals surface area contributed by atoms with Gasteiger partial charge in [0, 0.05) is 11.1 Å². The van der Waals surface area contributed by atoms with E-state index in [9.17, 15) is 4.79 Å². The average Bonchev–Trinajstić information content (AvgIpc) is 2.70. The van der Waals surface area contributed by atoms with Crippen LogP contribution < -0.4 is 24.7 Å². The van der Waals surface area contributed by atoms with Crippen LogP contribution in [0.25, 0.3) is 6.08 Å². The minimum atomic E-state index is -0.0827. The summed E-state index contributed by atoms with van der Waals surface area (Å²) in [5, 5.41) is 0. The first-order chi connectivity index (χ1) is 13.1. The fourth-order valence-electron chi connectivity index (χ4n) is 2.97. The van der Waals surface area contributed by atoms with Crippen molar-refractivity contribution in [3.8, 4) is 23.0 Å². The Hall–Kier alpha value is -3.15. The second-order valence-corrected chi connectivity index (χ2v) is 6.06. The van der Waals surface area contributed by atoms with Crippen molar-refractivity contribution in [3.05, 3.63) is 47.0 Å². The zero-order valence-electron chi connectivity index (χ0n) is 15.7. The maximum absolute atomic E-state index is 12.9. The van der Waals surface area contributed by atoms with Gasteiger partial charge in [-0.15, -0.1) is 0 Å². The van der Waals surface area contributed by atoms with Crippen LogP contribution in [0.2, 0.25) is 0 Å². The van der Waals surface area contributed by atoms with Gasteiger partial charge in [0.05, 0.1) is 19.9 Å². The minimum Gasteiger partial charge on any atom is -0.495 e. The van der Waals surface area contributed by atoms with Crippen LogP contribution in [0, 0.1) is 0 Å². The number of methoxy groups -OCH3 is 2. The summed E-state index contributed by atoms with van der Waals surface area (Å²) in [5.74, 6) is 2.25. The van der Waals surface area contributed by atoms with Crippen molar-refractivity contribution in [2.45, 2.75) is 13.3 Å². The Kier molecular flexibility index (Phi) is 5.54. The van der Waals surface area contributed by atoms with Gasteiger partial charge in [0.25, 0.3) is 0 Å². The smallest absolute Gasteiger partial charge is 0.203 e. The first kappa shape index (κ1) is 18.6. The first-order valence-electron chi connectivity index (χ1n) is 8.73. The SMILES string of the molecule is CCC(=Cc1cc(OC)c2c(c1)OCCO2)C(=O)c1ccc(OC)c(N)c1. The van der Waals surface area contributed by atoms with Gasteiger partial charge in [0.1, 0.15) is 19.0 Å². The van der Waals surface area contributed by atoms with Crippen molar-refractivity contribution < 1.29 is 23.7 Å². The van der Waals surface area contributed by atoms with Gasteiger partial charge >= 0.3 is 0 Å². The van der Waals surface area contributed by atoms with Crippen molar-refractivity contribution in [2.75, 3.05) is 33.2 Å². The predicted molar refractivity (Wildman–Crippen MR) is 104 cm³/mol. The zero-order chi connectivity index (χ0) is 19.4. The van der Waals surface area contributed by atoms with Gasteiger partial charge in [-0.25, -0.2) is 0 Å². The lowest BCUT2D eigenvalue weighted by atomic mass is 9.98. The normalized spacial score (nSPS) is 13.2. The highest BCUT2D eigenvalue weighted by molar-refractivity contribution is 6.11. The van der Waals surface area contributed by atoms with Crippen LogP contribution in [0.4, 0.5) is 5.69 Å². The Balaban J connectivity index is 1.96. The highest BCUT2D eigenvalue weighted by Crippen LogP contribution is 2.41. The van der Waals surface area contributed by atoms with E-state index in [4.69, 9.17) is 24.7 Å². The molecule has 0 spiro atoms. The molecule has 2 aromatic carbocycles. The number of Topliss-reactive ketones (excluding diaryl/α,β-unsaturated/α-hetero) is 1. The molecule has 1 heterocycles. The molecule has 2 N–H and O–H groups in total. The van der Waals surface area contributed by atoms with Crippen LogP contribution in [0.15, 0.2) is 35.9 Å². The number of ether oxygens (including phenoxy) is 4. The molecule has 1 aliphatic heterocycles. The number of hydrogen-bond acceptors (Lipinski definition) is 6. The molecular weight excluding hydrogens is 346 g/mol. The van der Waals surface area contributed by atoms with Crippen molar-refractivity contribution >= 4 is 17.5 Å². The van der Waals surface area contributed by atoms with Gasteiger partial charge in [-0.2, -0.15) is 0 Å². The lowest BCUT2D eigenvalue weighted by molar-refractivity contribution is 0.103. The van der Waals surface area contributed by atoms with E-state index in [2.05, 4.69) is 0 Å². The summed E-state index contributed by atoms with van der Waals surface area (Å²) in [5.41, 5.74) is 8.34. The van der Waals surface area contributed by atoms with Gasteiger partial charge in [0.2, 0.25) is 5.75 Å². The molecule has 2 aromatic rings. The molecule has 0 fully saturated rings. The van der Waals surface area contributed by atoms with Crippen LogP contribution in [0.1, 0.15) is 29.3 Å². The lowest BCUT2D eigenvalue weighted by Gasteiger charge is -2.21. The van der Waals surface area contributed by atoms with Crippen molar-refractivity contribution in [3.63, 3.8) is 0 Å². The van der Waals surface area contributed by atoms with Gasteiger partial charge in [-0.1, -0.05) is 6.92 Å². The summed E-state index contributed by atoms with van der Waals surface area (Å²) in [6, 6.07) is 8.73. The second kappa shape index (κ2) is 8.03. The number of carbonyl (C=O) groups is 1. The Morgan fingerprint density at radius 2 is 1.85 bits per heavy atom. The molecular formula is C21H23NO5. The van der Waals surface area contributed by atoms with E-state index in [0.717, 1.165) is 5.56 Å². The maximum Gasteiger partial charge on any atom is 0.203 e. The number of nitrogen functional groups attached to an aromatic ring is 1. The Bertz CT molecular complexity index is 871. The molecule has 3 rings (SSSR count). The van der Waals surface area contributed by atoms with E-state index in [0.29, 0.717) is 59.5 Å². The Morgan fingerprint density at radius 1 is 1.11 bits per heavy atom. The molecule has 0 saturated heterocycles. The molecule has 0 aromatic heterocycles. The van der Waals surface area contributed by atoms with Gasteiger partial charge < -0.3 is 24.7 Å². The summed E-state index contributed by atoms with van der Waals surface area (Å²) in [6.07, 6.45) is 2.41. The monoisotopic (exact) mass is 369 g/mol. The van der Waals surface area contributed by atoms with E-state index >= 15 is 0 Å². The molecule has 1 aliphatic rings. The fourth-order valence-corrected chi connectivity index (χ4v) is 2.97. The minimum absolute atomic E-state index is 0.0827. The topological polar surface area (TPSA) is 80.0 Å². The molecule has 0 radical (unpaired) electrons. The molecule has 142 valence electrons. The fraction of sp³-hybridized carbons (Fsp3) is 0.286. The highest BCUT2D eigenvalue weighted by Gasteiger charge is 2.19. The Morgan fingerprint density at radius 3 is 2.52 bits per heavy atom. The number of ketones is 1. The largest absolute Gasteiger partial charge is 0.495 e. The summed E-state index contributed by atoms with van der Waals surface area (Å²) in [4.78, 5) is 12.9. The van der Waals surface area contributed by atoms with E-state index in [1.54, 1.807) is 32.4 Å². The molecule has 6 heteroatoms. The molecule has 0 unspecified atom stereocenters. The summed E-state index contributed by atoms with van der Waals surface area (Å²) in [7, 11) is 3.12. The predicted octanol–water partition coefficient (Wildman–Crippen LogP) is 3.73. The number of benzene rings is 2. The molecule has 6 nitrogen and oxygen atoms in total. The molecule has 0 saturated carbocycles. The zero-order valence-corrected chi connectivity index (χ0v) is 15.7. The van der Waals surface area contributed by atoms with Gasteiger partial charge in [0.15, 0.2) is 17.3 Å². The highest BCUT2D eigenvalue weighted by atomic mass is 16.6. The quantitative estimate of drug-likeness (QED) is 0.475. The third-order valence-corrected chi connectivity index (χ3v) is 4.36. The van der Waals surface area contributed by atoms with Crippen LogP contribution in [0.5, 0.6) is 23.0 Å². The van der Waals surface area contributed by atoms with Crippen LogP contribution in [-0.4, -0.2) is 33.2 Å². The molecule has 27 heavy (non-hydrogen) atoms. The number of rotatable bonds is 6. The lowest BCUT2D eigenvalue weighted by Crippen LogP contribution is -2.16. The summed E-state index contributed by atoms with van der Waals surface area (Å²) >= 11 is 0. The number of nitrogens with two attached hydrogens (primary N) is 1. The number of carbonyl (C=O) groups excluding carboxylic acids is 1. The van der Waals surface area contributed by atoms with Gasteiger partial charge in [-0.05, 0) is 48.4 Å². The van der Waals surface area contributed by atoms with E-state index in [-0.39, 0.29) is 5.78 Å². The molecule has 0 amide bonds. The number of hydrogen-bond donors (Lipinski definition) is 1. The van der Waals surface area contributed by atoms with E-state index < -0.39 is 0 Å². The van der Waals surface area contributed by atoms with Crippen LogP contribution >= 0.6 is 0 Å². The standard InChI is InChI=1S/C21H23NO5/c1-4-14(20(23)15-5-6-17(24-2)16(22)12-15)9-13-10-18(25-3)21-19(11-13)26-7-8-27-21/h5-6,9-12H,4,7-8,22H2,1-3H3. The molecule has 0 bridgehead atoms. The van der Waals surface area contributed by atoms with Crippen molar-refractivity contribution in [2.24, 2.45) is 0 Å². The number of anilines is 1. The van der Waals surface area contributed by atoms with Crippen molar-refractivity contribution in [1.82, 2.24) is 0 Å². The molecule has 0 atom stereocenters. The van der Waals surface area contributed by atoms with Gasteiger partial charge in [-0.3, -0.25) is 4.79 Å². The summed E-state index contributed by atoms with van der Waals surface area (Å²) in [6.45, 7) is 2.90. The number of allylic oxidation sites excluding steroid dienone is 1. The van der Waals surface area contributed by atoms with Crippen molar-refractivity contribution in [1.29, 1.82) is 0 Å². The third kappa shape index (κ3) is 3.84. The van der Waals surface area contributed by atoms with Crippen LogP contribution in [0.3, 0.4) is 0 Å². The second-order valence-electron chi connectivity index (χ2n) is 6.06. The average molecular weight is 369 g/mol. The third-order valence-electron chi connectivity index (χ3n) is 4.36. The van der Waals surface area contributed by atoms with E-state index in [1.165, 1.54) is 0 Å².